The van der Waals surface area contributed by atoms with Gasteiger partial charge in [-0.2, -0.15) is 7.82 Å². The number of hydrogen-bond donors (Lipinski definition) is 0. The molecule has 0 bridgehead atoms. The van der Waals surface area contributed by atoms with Gasteiger partial charge in [0, 0.05) is 0 Å². The molecule has 7 heavy (non-hydrogen) atoms. The molecule has 0 fully saturated rings. The van der Waals surface area contributed by atoms with E-state index in [1.165, 1.54) is 0 Å². The van der Waals surface area contributed by atoms with E-state index in [9.17, 15) is 0 Å². The van der Waals surface area contributed by atoms with Crippen LogP contribution in [0.25, 0.3) is 0 Å². The fourth-order valence-electron chi connectivity index (χ4n) is 0. The summed E-state index contributed by atoms with van der Waals surface area (Å²) >= 11 is 0. The topological polar surface area (TPSA) is 86.2 Å². The third-order valence-electron chi connectivity index (χ3n) is 0. The summed E-state index contributed by atoms with van der Waals surface area (Å²) in [7, 11) is -5.39. The molecule has 0 rings (SSSR count). The smallest absolute Gasteiger partial charge is 0.822 e. The molecule has 0 aromatic rings. The van der Waals surface area contributed by atoms with Crippen molar-refractivity contribution in [2.24, 2.45) is 0 Å². The first-order chi connectivity index (χ1) is 2.00. The SMILES string of the molecule is O=P([O-])([O-])[O-].[Fe+2].[K+]. The van der Waals surface area contributed by atoms with Gasteiger partial charge in [-0.15, -0.1) is 0 Å². The second-order valence-electron chi connectivity index (χ2n) is 0.447. The van der Waals surface area contributed by atoms with Gasteiger partial charge >= 0.3 is 68.5 Å². The summed E-state index contributed by atoms with van der Waals surface area (Å²) < 4.78 is 8.55. The molecule has 4 nitrogen and oxygen atoms in total. The predicted octanol–water partition coefficient (Wildman–Crippen LogP) is -5.82. The molecule has 0 radical (unpaired) electrons. The molecule has 0 heterocycles. The molecule has 0 aliphatic heterocycles. The van der Waals surface area contributed by atoms with Crippen molar-refractivity contribution in [2.75, 3.05) is 0 Å². The number of phosphoric acid groups is 1. The summed E-state index contributed by atoms with van der Waals surface area (Å²) in [5, 5.41) is 0. The van der Waals surface area contributed by atoms with Gasteiger partial charge < -0.3 is 19.2 Å². The van der Waals surface area contributed by atoms with Crippen molar-refractivity contribution in [1.29, 1.82) is 0 Å². The molecular formula is FeKO4P. The molecule has 0 spiro atoms. The maximum Gasteiger partial charge on any atom is 2.00 e. The molecule has 0 aromatic carbocycles. The van der Waals surface area contributed by atoms with E-state index in [4.69, 9.17) is 19.2 Å². The Balaban J connectivity index is -0.0000000800. The molecule has 0 atom stereocenters. The van der Waals surface area contributed by atoms with Crippen LogP contribution >= 0.6 is 7.82 Å². The molecule has 0 amide bonds. The predicted molar refractivity (Wildman–Crippen MR) is 7.61 cm³/mol. The molecule has 0 unspecified atom stereocenters. The van der Waals surface area contributed by atoms with Crippen LogP contribution in [0.1, 0.15) is 0 Å². The summed E-state index contributed by atoms with van der Waals surface area (Å²) in [6, 6.07) is 0. The van der Waals surface area contributed by atoms with E-state index >= 15 is 0 Å². The van der Waals surface area contributed by atoms with Gasteiger partial charge in [-0.05, 0) is 0 Å². The summed E-state index contributed by atoms with van der Waals surface area (Å²) in [6.45, 7) is 0. The van der Waals surface area contributed by atoms with Crippen LogP contribution in [0, 0.1) is 0 Å². The molecule has 0 N–H and O–H groups in total. The van der Waals surface area contributed by atoms with E-state index in [0.29, 0.717) is 0 Å². The van der Waals surface area contributed by atoms with Gasteiger partial charge in [0.1, 0.15) is 0 Å². The van der Waals surface area contributed by atoms with Crippen molar-refractivity contribution < 1.29 is 87.7 Å². The van der Waals surface area contributed by atoms with E-state index in [1.54, 1.807) is 0 Å². The van der Waals surface area contributed by atoms with Gasteiger partial charge in [-0.1, -0.05) is 0 Å². The zero-order valence-corrected chi connectivity index (χ0v) is 8.56. The quantitative estimate of drug-likeness (QED) is 0.281. The van der Waals surface area contributed by atoms with E-state index in [0.717, 1.165) is 0 Å². The second kappa shape index (κ2) is 6.39. The van der Waals surface area contributed by atoms with E-state index in [2.05, 4.69) is 0 Å². The van der Waals surface area contributed by atoms with Crippen LogP contribution in [-0.2, 0) is 21.6 Å². The Morgan fingerprint density at radius 3 is 1.14 bits per heavy atom. The maximum absolute atomic E-state index is 8.55. The van der Waals surface area contributed by atoms with Gasteiger partial charge in [-0.25, -0.2) is 0 Å². The fourth-order valence-corrected chi connectivity index (χ4v) is 0. The van der Waals surface area contributed by atoms with Gasteiger partial charge in [0.05, 0.1) is 0 Å². The minimum atomic E-state index is -5.39. The van der Waals surface area contributed by atoms with Gasteiger partial charge in [0.25, 0.3) is 0 Å². The monoisotopic (exact) mass is 190 g/mol. The molecule has 7 heteroatoms. The normalized spacial score (nSPS) is 8.43. The molecule has 0 saturated carbocycles. The Hall–Kier alpha value is 2.27. The number of rotatable bonds is 0. The maximum atomic E-state index is 8.55. The summed E-state index contributed by atoms with van der Waals surface area (Å²) in [6.07, 6.45) is 0. The Labute approximate surface area is 93.8 Å². The summed E-state index contributed by atoms with van der Waals surface area (Å²) in [5.74, 6) is 0. The van der Waals surface area contributed by atoms with Crippen LogP contribution < -0.4 is 66.1 Å². The molecular weight excluding hydrogens is 190 g/mol. The first-order valence-corrected chi connectivity index (χ1v) is 2.19. The van der Waals surface area contributed by atoms with Crippen LogP contribution in [0.2, 0.25) is 0 Å². The zero-order chi connectivity index (χ0) is 4.50. The molecule has 0 aliphatic rings. The van der Waals surface area contributed by atoms with Crippen molar-refractivity contribution in [2.45, 2.75) is 0 Å². The first-order valence-electron chi connectivity index (χ1n) is 0.730. The third kappa shape index (κ3) is 63.2. The Bertz CT molecular complexity index is 57.8. The van der Waals surface area contributed by atoms with Gasteiger partial charge in [0.15, 0.2) is 0 Å². The standard InChI is InChI=1S/Fe.K.H3O4P/c;;1-5(2,3)4/h;;(H3,1,2,3,4)/q+2;+1;/p-3. The van der Waals surface area contributed by atoms with E-state index in [-0.39, 0.29) is 68.5 Å². The van der Waals surface area contributed by atoms with Gasteiger partial charge in [0.2, 0.25) is 0 Å². The average molecular weight is 190 g/mol. The third-order valence-corrected chi connectivity index (χ3v) is 0. The Morgan fingerprint density at radius 2 is 1.14 bits per heavy atom. The number of hydrogen-bond acceptors (Lipinski definition) is 4. The van der Waals surface area contributed by atoms with Crippen LogP contribution in [-0.4, -0.2) is 0 Å². The van der Waals surface area contributed by atoms with Crippen LogP contribution in [0.5, 0.6) is 0 Å². The van der Waals surface area contributed by atoms with Crippen molar-refractivity contribution in [3.05, 3.63) is 0 Å². The van der Waals surface area contributed by atoms with Crippen LogP contribution in [0.15, 0.2) is 0 Å². The molecule has 0 saturated heterocycles. The van der Waals surface area contributed by atoms with E-state index < -0.39 is 7.82 Å². The van der Waals surface area contributed by atoms with Crippen molar-refractivity contribution in [3.8, 4) is 0 Å². The molecule has 38 valence electrons. The Kier molecular flexibility index (Phi) is 14.7. The van der Waals surface area contributed by atoms with Crippen molar-refractivity contribution >= 4 is 7.82 Å². The molecule has 0 aliphatic carbocycles. The van der Waals surface area contributed by atoms with Gasteiger partial charge in [-0.3, -0.25) is 0 Å². The average Bonchev–Trinajstić information content (AvgIpc) is 0.722. The summed E-state index contributed by atoms with van der Waals surface area (Å²) in [4.78, 5) is 25.6. The minimum Gasteiger partial charge on any atom is -0.822 e. The van der Waals surface area contributed by atoms with Crippen molar-refractivity contribution in [1.82, 2.24) is 0 Å². The zero-order valence-electron chi connectivity index (χ0n) is 3.43. The first kappa shape index (κ1) is 16.1. The minimum absolute atomic E-state index is 0. The second-order valence-corrected chi connectivity index (χ2v) is 1.34. The Morgan fingerprint density at radius 1 is 1.14 bits per heavy atom. The van der Waals surface area contributed by atoms with Crippen LogP contribution in [0.4, 0.5) is 0 Å². The van der Waals surface area contributed by atoms with Crippen molar-refractivity contribution in [3.63, 3.8) is 0 Å². The fraction of sp³-hybridized carbons (Fsp3) is 0. The largest absolute Gasteiger partial charge is 2.00 e. The van der Waals surface area contributed by atoms with E-state index in [1.807, 2.05) is 0 Å². The molecule has 0 aromatic heterocycles. The van der Waals surface area contributed by atoms with Crippen LogP contribution in [0.3, 0.4) is 0 Å². The summed E-state index contributed by atoms with van der Waals surface area (Å²) in [5.41, 5.74) is 0.